The van der Waals surface area contributed by atoms with Crippen LogP contribution in [0.5, 0.6) is 0 Å². The molecule has 4 nitrogen and oxygen atoms in total. The minimum Gasteiger partial charge on any atom is -0.390 e. The van der Waals surface area contributed by atoms with E-state index in [0.29, 0.717) is 29.7 Å². The fourth-order valence-electron chi connectivity index (χ4n) is 3.47. The van der Waals surface area contributed by atoms with Crippen LogP contribution in [0, 0.1) is 5.92 Å². The SMILES string of the molecule is C[C@]1(O)CCOC[C@@H]1[C@@H]1CCCN1c1ncc(Cl)cc1Cl. The maximum atomic E-state index is 10.7. The van der Waals surface area contributed by atoms with Gasteiger partial charge in [-0.2, -0.15) is 0 Å². The third-order valence-corrected chi connectivity index (χ3v) is 5.16. The first-order valence-electron chi connectivity index (χ1n) is 7.37. The Morgan fingerprint density at radius 3 is 3.00 bits per heavy atom. The molecule has 0 spiro atoms. The maximum absolute atomic E-state index is 10.7. The molecular formula is C15H20Cl2N2O2. The fraction of sp³-hybridized carbons (Fsp3) is 0.667. The van der Waals surface area contributed by atoms with Crippen LogP contribution >= 0.6 is 23.2 Å². The van der Waals surface area contributed by atoms with E-state index in [1.165, 1.54) is 0 Å². The van der Waals surface area contributed by atoms with Crippen molar-refractivity contribution >= 4 is 29.0 Å². The molecule has 0 unspecified atom stereocenters. The molecule has 3 heterocycles. The highest BCUT2D eigenvalue weighted by molar-refractivity contribution is 6.36. The van der Waals surface area contributed by atoms with Gasteiger partial charge in [0.05, 0.1) is 22.3 Å². The molecule has 3 atom stereocenters. The average Bonchev–Trinajstić information content (AvgIpc) is 2.87. The fourth-order valence-corrected chi connectivity index (χ4v) is 3.96. The Kier molecular flexibility index (Phi) is 4.33. The zero-order chi connectivity index (χ0) is 15.0. The number of rotatable bonds is 2. The molecule has 2 fully saturated rings. The van der Waals surface area contributed by atoms with Gasteiger partial charge in [0.1, 0.15) is 5.82 Å². The molecule has 2 aliphatic rings. The minimum absolute atomic E-state index is 0.0716. The lowest BCUT2D eigenvalue weighted by Gasteiger charge is -2.43. The average molecular weight is 331 g/mol. The summed E-state index contributed by atoms with van der Waals surface area (Å²) in [6.07, 6.45) is 4.38. The van der Waals surface area contributed by atoms with Gasteiger partial charge in [-0.05, 0) is 32.3 Å². The molecule has 1 N–H and O–H groups in total. The standard InChI is InChI=1S/C15H20Cl2N2O2/c1-15(20)4-6-21-9-11(15)13-3-2-5-19(13)14-12(17)7-10(16)8-18-14/h7-8,11,13,20H,2-6,9H2,1H3/t11-,13+,15+/m1/s1. The number of pyridine rings is 1. The van der Waals surface area contributed by atoms with Crippen molar-refractivity contribution in [3.8, 4) is 0 Å². The molecule has 21 heavy (non-hydrogen) atoms. The zero-order valence-corrected chi connectivity index (χ0v) is 13.6. The molecule has 1 aromatic rings. The Labute approximate surface area is 135 Å². The summed E-state index contributed by atoms with van der Waals surface area (Å²) in [7, 11) is 0. The monoisotopic (exact) mass is 330 g/mol. The summed E-state index contributed by atoms with van der Waals surface area (Å²) in [4.78, 5) is 6.59. The van der Waals surface area contributed by atoms with Gasteiger partial charge < -0.3 is 14.7 Å². The second kappa shape index (κ2) is 5.92. The van der Waals surface area contributed by atoms with E-state index in [1.807, 2.05) is 6.92 Å². The van der Waals surface area contributed by atoms with E-state index in [9.17, 15) is 5.11 Å². The topological polar surface area (TPSA) is 45.6 Å². The van der Waals surface area contributed by atoms with Crippen LogP contribution in [0.4, 0.5) is 5.82 Å². The van der Waals surface area contributed by atoms with Gasteiger partial charge in [-0.1, -0.05) is 23.2 Å². The summed E-state index contributed by atoms with van der Waals surface area (Å²) in [6.45, 7) is 4.01. The predicted molar refractivity (Wildman–Crippen MR) is 84.2 cm³/mol. The Hall–Kier alpha value is -0.550. The number of nitrogens with zero attached hydrogens (tertiary/aromatic N) is 2. The summed E-state index contributed by atoms with van der Waals surface area (Å²) in [5, 5.41) is 11.8. The normalized spacial score (nSPS) is 33.4. The summed E-state index contributed by atoms with van der Waals surface area (Å²) >= 11 is 12.2. The Bertz CT molecular complexity index is 524. The molecule has 2 saturated heterocycles. The van der Waals surface area contributed by atoms with Crippen LogP contribution in [-0.2, 0) is 4.74 Å². The molecule has 0 aliphatic carbocycles. The lowest BCUT2D eigenvalue weighted by atomic mass is 9.79. The van der Waals surface area contributed by atoms with Gasteiger partial charge in [-0.25, -0.2) is 4.98 Å². The first kappa shape index (κ1) is 15.3. The molecule has 0 radical (unpaired) electrons. The second-order valence-corrected chi connectivity index (χ2v) is 6.99. The summed E-state index contributed by atoms with van der Waals surface area (Å²) in [5.41, 5.74) is -0.704. The molecule has 1 aromatic heterocycles. The lowest BCUT2D eigenvalue weighted by Crippen LogP contribution is -2.52. The number of ether oxygens (including phenoxy) is 1. The summed E-state index contributed by atoms with van der Waals surface area (Å²) < 4.78 is 5.60. The predicted octanol–water partition coefficient (Wildman–Crippen LogP) is 3.14. The van der Waals surface area contributed by atoms with Crippen molar-refractivity contribution in [3.05, 3.63) is 22.3 Å². The van der Waals surface area contributed by atoms with Crippen molar-refractivity contribution < 1.29 is 9.84 Å². The number of aromatic nitrogens is 1. The second-order valence-electron chi connectivity index (χ2n) is 6.15. The minimum atomic E-state index is -0.704. The molecule has 3 rings (SSSR count). The maximum Gasteiger partial charge on any atom is 0.147 e. The Morgan fingerprint density at radius 1 is 1.48 bits per heavy atom. The van der Waals surface area contributed by atoms with E-state index >= 15 is 0 Å². The Balaban J connectivity index is 1.88. The van der Waals surface area contributed by atoms with E-state index in [1.54, 1.807) is 12.3 Å². The number of hydrogen-bond donors (Lipinski definition) is 1. The lowest BCUT2D eigenvalue weighted by molar-refractivity contribution is -0.108. The van der Waals surface area contributed by atoms with Crippen LogP contribution in [0.15, 0.2) is 12.3 Å². The zero-order valence-electron chi connectivity index (χ0n) is 12.1. The van der Waals surface area contributed by atoms with Gasteiger partial charge in [0.15, 0.2) is 0 Å². The highest BCUT2D eigenvalue weighted by Crippen LogP contribution is 2.39. The van der Waals surface area contributed by atoms with Crippen LogP contribution in [0.1, 0.15) is 26.2 Å². The van der Waals surface area contributed by atoms with Crippen LogP contribution in [0.25, 0.3) is 0 Å². The van der Waals surface area contributed by atoms with E-state index < -0.39 is 5.60 Å². The molecule has 0 bridgehead atoms. The van der Waals surface area contributed by atoms with Crippen molar-refractivity contribution in [3.63, 3.8) is 0 Å². The van der Waals surface area contributed by atoms with E-state index in [2.05, 4.69) is 9.88 Å². The molecule has 6 heteroatoms. The number of halogens is 2. The third-order valence-electron chi connectivity index (χ3n) is 4.67. The van der Waals surface area contributed by atoms with E-state index in [0.717, 1.165) is 25.2 Å². The van der Waals surface area contributed by atoms with Crippen molar-refractivity contribution in [1.82, 2.24) is 4.98 Å². The quantitative estimate of drug-likeness (QED) is 0.904. The molecule has 0 amide bonds. The van der Waals surface area contributed by atoms with Crippen molar-refractivity contribution in [2.24, 2.45) is 5.92 Å². The Morgan fingerprint density at radius 2 is 2.29 bits per heavy atom. The smallest absolute Gasteiger partial charge is 0.147 e. The molecular weight excluding hydrogens is 311 g/mol. The molecule has 0 saturated carbocycles. The van der Waals surface area contributed by atoms with Crippen LogP contribution in [-0.4, -0.2) is 41.5 Å². The molecule has 0 aromatic carbocycles. The van der Waals surface area contributed by atoms with Gasteiger partial charge in [0.2, 0.25) is 0 Å². The highest BCUT2D eigenvalue weighted by Gasteiger charge is 2.44. The van der Waals surface area contributed by atoms with E-state index in [4.69, 9.17) is 27.9 Å². The summed E-state index contributed by atoms with van der Waals surface area (Å²) in [6, 6.07) is 1.92. The summed E-state index contributed by atoms with van der Waals surface area (Å²) in [5.74, 6) is 0.826. The van der Waals surface area contributed by atoms with Crippen LogP contribution < -0.4 is 4.90 Å². The highest BCUT2D eigenvalue weighted by atomic mass is 35.5. The van der Waals surface area contributed by atoms with Gasteiger partial charge in [-0.3, -0.25) is 0 Å². The largest absolute Gasteiger partial charge is 0.390 e. The van der Waals surface area contributed by atoms with Crippen LogP contribution in [0.3, 0.4) is 0 Å². The van der Waals surface area contributed by atoms with Crippen molar-refractivity contribution in [2.75, 3.05) is 24.7 Å². The van der Waals surface area contributed by atoms with Gasteiger partial charge in [0, 0.05) is 31.3 Å². The van der Waals surface area contributed by atoms with E-state index in [-0.39, 0.29) is 12.0 Å². The van der Waals surface area contributed by atoms with Gasteiger partial charge in [-0.15, -0.1) is 0 Å². The molecule has 2 aliphatic heterocycles. The van der Waals surface area contributed by atoms with Gasteiger partial charge in [0.25, 0.3) is 0 Å². The number of anilines is 1. The van der Waals surface area contributed by atoms with Crippen LogP contribution in [0.2, 0.25) is 10.0 Å². The van der Waals surface area contributed by atoms with Crippen molar-refractivity contribution in [1.29, 1.82) is 0 Å². The number of hydrogen-bond acceptors (Lipinski definition) is 4. The number of aliphatic hydroxyl groups is 1. The first-order chi connectivity index (χ1) is 9.99. The van der Waals surface area contributed by atoms with Crippen molar-refractivity contribution in [2.45, 2.75) is 37.8 Å². The van der Waals surface area contributed by atoms with Gasteiger partial charge >= 0.3 is 0 Å². The first-order valence-corrected chi connectivity index (χ1v) is 8.12. The molecule has 116 valence electrons. The third kappa shape index (κ3) is 3.00.